The zero-order valence-electron chi connectivity index (χ0n) is 10.7. The lowest BCUT2D eigenvalue weighted by atomic mass is 10.0. The van der Waals surface area contributed by atoms with E-state index >= 15 is 0 Å². The SMILES string of the molecule is C=C(/C=C(C)\C(=C/C)C(=C)N(C)C)CC. The molecule has 0 aromatic carbocycles. The molecular formula is C14H23N. The van der Waals surface area contributed by atoms with Crippen LogP contribution in [0.3, 0.4) is 0 Å². The Bertz CT molecular complexity index is 303. The zero-order chi connectivity index (χ0) is 12.0. The molecule has 0 saturated heterocycles. The van der Waals surface area contributed by atoms with E-state index < -0.39 is 0 Å². The highest BCUT2D eigenvalue weighted by Gasteiger charge is 2.05. The molecule has 0 amide bonds. The molecule has 0 fully saturated rings. The predicted octanol–water partition coefficient (Wildman–Crippen LogP) is 3.92. The molecule has 15 heavy (non-hydrogen) atoms. The fourth-order valence-corrected chi connectivity index (χ4v) is 1.35. The normalized spacial score (nSPS) is 12.6. The number of hydrogen-bond acceptors (Lipinski definition) is 1. The molecule has 0 aliphatic rings. The quantitative estimate of drug-likeness (QED) is 0.615. The third-order valence-corrected chi connectivity index (χ3v) is 2.44. The molecule has 0 heterocycles. The van der Waals surface area contributed by atoms with E-state index in [4.69, 9.17) is 0 Å². The monoisotopic (exact) mass is 205 g/mol. The molecule has 0 saturated carbocycles. The summed E-state index contributed by atoms with van der Waals surface area (Å²) >= 11 is 0. The van der Waals surface area contributed by atoms with Gasteiger partial charge in [-0.2, -0.15) is 0 Å². The van der Waals surface area contributed by atoms with E-state index in [0.29, 0.717) is 0 Å². The van der Waals surface area contributed by atoms with Gasteiger partial charge in [-0.05, 0) is 31.4 Å². The molecule has 1 heteroatoms. The van der Waals surface area contributed by atoms with E-state index in [9.17, 15) is 0 Å². The molecule has 0 aliphatic carbocycles. The van der Waals surface area contributed by atoms with Gasteiger partial charge in [0.25, 0.3) is 0 Å². The molecule has 0 aromatic heterocycles. The van der Waals surface area contributed by atoms with Gasteiger partial charge in [-0.1, -0.05) is 37.8 Å². The van der Waals surface area contributed by atoms with Gasteiger partial charge >= 0.3 is 0 Å². The Balaban J connectivity index is 4.94. The fraction of sp³-hybridized carbons (Fsp3) is 0.429. The highest BCUT2D eigenvalue weighted by molar-refractivity contribution is 5.45. The number of hydrogen-bond donors (Lipinski definition) is 0. The largest absolute Gasteiger partial charge is 0.378 e. The lowest BCUT2D eigenvalue weighted by molar-refractivity contribution is 0.525. The Kier molecular flexibility index (Phi) is 5.76. The van der Waals surface area contributed by atoms with Crippen molar-refractivity contribution < 1.29 is 0 Å². The zero-order valence-corrected chi connectivity index (χ0v) is 10.7. The highest BCUT2D eigenvalue weighted by atomic mass is 15.1. The van der Waals surface area contributed by atoms with Gasteiger partial charge in [0.2, 0.25) is 0 Å². The van der Waals surface area contributed by atoms with Crippen molar-refractivity contribution in [2.24, 2.45) is 0 Å². The summed E-state index contributed by atoms with van der Waals surface area (Å²) in [5.74, 6) is 0. The van der Waals surface area contributed by atoms with Crippen molar-refractivity contribution in [1.29, 1.82) is 0 Å². The van der Waals surface area contributed by atoms with Crippen molar-refractivity contribution in [2.45, 2.75) is 27.2 Å². The van der Waals surface area contributed by atoms with Crippen LogP contribution in [-0.4, -0.2) is 19.0 Å². The summed E-state index contributed by atoms with van der Waals surface area (Å²) in [7, 11) is 4.02. The smallest absolute Gasteiger partial charge is 0.0360 e. The van der Waals surface area contributed by atoms with Crippen LogP contribution >= 0.6 is 0 Å². The minimum Gasteiger partial charge on any atom is -0.378 e. The molecule has 1 nitrogen and oxygen atoms in total. The van der Waals surface area contributed by atoms with E-state index in [1.807, 2.05) is 25.9 Å². The van der Waals surface area contributed by atoms with E-state index in [2.05, 4.69) is 39.2 Å². The third kappa shape index (κ3) is 4.20. The number of nitrogens with zero attached hydrogens (tertiary/aromatic N) is 1. The summed E-state index contributed by atoms with van der Waals surface area (Å²) in [6, 6.07) is 0. The van der Waals surface area contributed by atoms with Crippen molar-refractivity contribution in [2.75, 3.05) is 14.1 Å². The van der Waals surface area contributed by atoms with E-state index in [1.54, 1.807) is 0 Å². The van der Waals surface area contributed by atoms with Gasteiger partial charge < -0.3 is 4.90 Å². The summed E-state index contributed by atoms with van der Waals surface area (Å²) in [5.41, 5.74) is 4.60. The van der Waals surface area contributed by atoms with Crippen molar-refractivity contribution in [1.82, 2.24) is 4.90 Å². The van der Waals surface area contributed by atoms with Crippen LogP contribution < -0.4 is 0 Å². The third-order valence-electron chi connectivity index (χ3n) is 2.44. The molecule has 0 spiro atoms. The molecule has 0 atom stereocenters. The molecule has 0 rings (SSSR count). The van der Waals surface area contributed by atoms with Crippen LogP contribution in [0, 0.1) is 0 Å². The van der Waals surface area contributed by atoms with Crippen LogP contribution in [0.4, 0.5) is 0 Å². The summed E-state index contributed by atoms with van der Waals surface area (Å²) in [6.45, 7) is 14.3. The van der Waals surface area contributed by atoms with Crippen molar-refractivity contribution >= 4 is 0 Å². The van der Waals surface area contributed by atoms with Crippen LogP contribution in [0.15, 0.2) is 47.7 Å². The summed E-state index contributed by atoms with van der Waals surface area (Å²) in [6.07, 6.45) is 5.21. The maximum atomic E-state index is 4.07. The maximum Gasteiger partial charge on any atom is 0.0360 e. The van der Waals surface area contributed by atoms with Gasteiger partial charge in [-0.3, -0.25) is 0 Å². The molecular weight excluding hydrogens is 182 g/mol. The second-order valence-corrected chi connectivity index (χ2v) is 3.88. The first-order valence-corrected chi connectivity index (χ1v) is 5.33. The predicted molar refractivity (Wildman–Crippen MR) is 69.8 cm³/mol. The van der Waals surface area contributed by atoms with E-state index in [-0.39, 0.29) is 0 Å². The van der Waals surface area contributed by atoms with Gasteiger partial charge in [0.1, 0.15) is 0 Å². The Morgan fingerprint density at radius 2 is 1.80 bits per heavy atom. The van der Waals surface area contributed by atoms with Crippen molar-refractivity contribution in [3.63, 3.8) is 0 Å². The lowest BCUT2D eigenvalue weighted by Crippen LogP contribution is -2.12. The molecule has 84 valence electrons. The van der Waals surface area contributed by atoms with Crippen LogP contribution in [-0.2, 0) is 0 Å². The molecule has 0 aromatic rings. The first-order valence-electron chi connectivity index (χ1n) is 5.33. The average Bonchev–Trinajstić information content (AvgIpc) is 2.18. The lowest BCUT2D eigenvalue weighted by Gasteiger charge is -2.19. The van der Waals surface area contributed by atoms with Crippen LogP contribution in [0.25, 0.3) is 0 Å². The fourth-order valence-electron chi connectivity index (χ4n) is 1.35. The number of allylic oxidation sites excluding steroid dienone is 4. The van der Waals surface area contributed by atoms with Crippen LogP contribution in [0.2, 0.25) is 0 Å². The minimum atomic E-state index is 0.989. The first-order chi connectivity index (χ1) is 6.93. The van der Waals surface area contributed by atoms with E-state index in [0.717, 1.165) is 17.7 Å². The van der Waals surface area contributed by atoms with E-state index in [1.165, 1.54) is 11.1 Å². The molecule has 0 unspecified atom stereocenters. The maximum absolute atomic E-state index is 4.07. The second kappa shape index (κ2) is 6.28. The topological polar surface area (TPSA) is 3.24 Å². The summed E-state index contributed by atoms with van der Waals surface area (Å²) in [5, 5.41) is 0. The van der Waals surface area contributed by atoms with Crippen LogP contribution in [0.1, 0.15) is 27.2 Å². The molecule has 0 aliphatic heterocycles. The minimum absolute atomic E-state index is 0.989. The summed E-state index contributed by atoms with van der Waals surface area (Å²) in [4.78, 5) is 2.03. The molecule has 0 N–H and O–H groups in total. The van der Waals surface area contributed by atoms with Gasteiger partial charge in [0.15, 0.2) is 0 Å². The average molecular weight is 205 g/mol. The van der Waals surface area contributed by atoms with Gasteiger partial charge in [0.05, 0.1) is 0 Å². The van der Waals surface area contributed by atoms with Crippen LogP contribution in [0.5, 0.6) is 0 Å². The molecule has 0 bridgehead atoms. The Morgan fingerprint density at radius 3 is 2.13 bits per heavy atom. The first kappa shape index (κ1) is 13.8. The highest BCUT2D eigenvalue weighted by Crippen LogP contribution is 2.20. The second-order valence-electron chi connectivity index (χ2n) is 3.88. The standard InChI is InChI=1S/C14H23N/c1-8-11(3)10-12(4)14(9-2)13(5)15(6)7/h9-10H,3,5,8H2,1-2,4,6-7H3/b12-10-,14-9+. The van der Waals surface area contributed by atoms with Gasteiger partial charge in [-0.25, -0.2) is 0 Å². The van der Waals surface area contributed by atoms with Crippen molar-refractivity contribution in [3.8, 4) is 0 Å². The van der Waals surface area contributed by atoms with Crippen molar-refractivity contribution in [3.05, 3.63) is 47.7 Å². The van der Waals surface area contributed by atoms with Gasteiger partial charge in [-0.15, -0.1) is 0 Å². The number of rotatable bonds is 5. The Hall–Kier alpha value is -1.24. The molecule has 0 radical (unpaired) electrons. The Morgan fingerprint density at radius 1 is 1.27 bits per heavy atom. The summed E-state index contributed by atoms with van der Waals surface area (Å²) < 4.78 is 0. The van der Waals surface area contributed by atoms with Gasteiger partial charge in [0, 0.05) is 19.8 Å². The number of likely N-dealkylation sites (N-methyl/N-ethyl adjacent to an activating group) is 1. The Labute approximate surface area is 94.5 Å².